The van der Waals surface area contributed by atoms with E-state index in [4.69, 9.17) is 0 Å². The Hall–Kier alpha value is -2.36. The predicted molar refractivity (Wildman–Crippen MR) is 94.7 cm³/mol. The Morgan fingerprint density at radius 2 is 1.83 bits per heavy atom. The largest absolute Gasteiger partial charge is 0.506 e. The lowest BCUT2D eigenvalue weighted by atomic mass is 9.86. The van der Waals surface area contributed by atoms with Crippen LogP contribution in [0.5, 0.6) is 5.75 Å². The highest BCUT2D eigenvalue weighted by Crippen LogP contribution is 2.31. The standard InChI is InChI=1S/C20H24N2O2/c23-19-12-5-4-11-18(19)22(15-17-10-6-7-13-21-17)20(24)14-16-8-2-1-3-9-16/h4-7,10-13,16,23H,1-3,8-9,14-15H2. The van der Waals surface area contributed by atoms with Crippen LogP contribution in [0, 0.1) is 5.92 Å². The zero-order valence-corrected chi connectivity index (χ0v) is 13.9. The van der Waals surface area contributed by atoms with Crippen LogP contribution in [-0.4, -0.2) is 16.0 Å². The fourth-order valence-corrected chi connectivity index (χ4v) is 3.40. The van der Waals surface area contributed by atoms with E-state index in [9.17, 15) is 9.90 Å². The Bertz CT molecular complexity index is 666. The number of carbonyl (C=O) groups excluding carboxylic acids is 1. The summed E-state index contributed by atoms with van der Waals surface area (Å²) in [6.07, 6.45) is 8.24. The van der Waals surface area contributed by atoms with Crippen molar-refractivity contribution >= 4 is 11.6 Å². The average molecular weight is 324 g/mol. The number of nitrogens with zero attached hydrogens (tertiary/aromatic N) is 2. The van der Waals surface area contributed by atoms with E-state index in [2.05, 4.69) is 4.98 Å². The number of rotatable bonds is 5. The molecule has 1 aliphatic carbocycles. The topological polar surface area (TPSA) is 53.4 Å². The van der Waals surface area contributed by atoms with Crippen molar-refractivity contribution in [2.45, 2.75) is 45.1 Å². The van der Waals surface area contributed by atoms with Crippen LogP contribution >= 0.6 is 0 Å². The van der Waals surface area contributed by atoms with Crippen LogP contribution in [0.25, 0.3) is 0 Å². The summed E-state index contributed by atoms with van der Waals surface area (Å²) in [5, 5.41) is 10.2. The first kappa shape index (κ1) is 16.5. The third-order valence-electron chi connectivity index (χ3n) is 4.71. The lowest BCUT2D eigenvalue weighted by Crippen LogP contribution is -2.32. The van der Waals surface area contributed by atoms with Crippen LogP contribution in [0.15, 0.2) is 48.7 Å². The quantitative estimate of drug-likeness (QED) is 0.892. The Labute approximate surface area is 143 Å². The van der Waals surface area contributed by atoms with Gasteiger partial charge >= 0.3 is 0 Å². The number of amides is 1. The van der Waals surface area contributed by atoms with Crippen molar-refractivity contribution in [1.29, 1.82) is 0 Å². The summed E-state index contributed by atoms with van der Waals surface area (Å²) in [5.74, 6) is 0.655. The van der Waals surface area contributed by atoms with Crippen LogP contribution in [0.4, 0.5) is 5.69 Å². The number of hydrogen-bond acceptors (Lipinski definition) is 3. The Morgan fingerprint density at radius 1 is 1.08 bits per heavy atom. The number of phenols is 1. The molecule has 0 bridgehead atoms. The van der Waals surface area contributed by atoms with E-state index < -0.39 is 0 Å². The summed E-state index contributed by atoms with van der Waals surface area (Å²) < 4.78 is 0. The van der Waals surface area contributed by atoms with E-state index in [1.807, 2.05) is 24.3 Å². The summed E-state index contributed by atoms with van der Waals surface area (Å²) in [5.41, 5.74) is 1.38. The minimum atomic E-state index is 0.0639. The van der Waals surface area contributed by atoms with Gasteiger partial charge in [-0.15, -0.1) is 0 Å². The van der Waals surface area contributed by atoms with Gasteiger partial charge in [0, 0.05) is 12.6 Å². The summed E-state index contributed by atoms with van der Waals surface area (Å²) in [6, 6.07) is 12.7. The predicted octanol–water partition coefficient (Wildman–Crippen LogP) is 4.29. The smallest absolute Gasteiger partial charge is 0.227 e. The number of benzene rings is 1. The molecular weight excluding hydrogens is 300 g/mol. The van der Waals surface area contributed by atoms with Gasteiger partial charge in [-0.1, -0.05) is 37.5 Å². The molecule has 2 aromatic rings. The molecule has 1 fully saturated rings. The zero-order valence-electron chi connectivity index (χ0n) is 13.9. The van der Waals surface area contributed by atoms with Crippen LogP contribution in [0.3, 0.4) is 0 Å². The van der Waals surface area contributed by atoms with E-state index >= 15 is 0 Å². The molecule has 0 unspecified atom stereocenters. The molecule has 1 aromatic heterocycles. The molecule has 0 atom stereocenters. The molecule has 1 saturated carbocycles. The molecule has 0 radical (unpaired) electrons. The molecule has 0 aliphatic heterocycles. The van der Waals surface area contributed by atoms with E-state index in [0.29, 0.717) is 24.6 Å². The van der Waals surface area contributed by atoms with Gasteiger partial charge in [0.05, 0.1) is 17.9 Å². The molecule has 4 nitrogen and oxygen atoms in total. The fourth-order valence-electron chi connectivity index (χ4n) is 3.40. The van der Waals surface area contributed by atoms with Crippen molar-refractivity contribution in [3.63, 3.8) is 0 Å². The third-order valence-corrected chi connectivity index (χ3v) is 4.71. The zero-order chi connectivity index (χ0) is 16.8. The van der Waals surface area contributed by atoms with Gasteiger partial charge in [-0.25, -0.2) is 0 Å². The first-order valence-corrected chi connectivity index (χ1v) is 8.72. The summed E-state index contributed by atoms with van der Waals surface area (Å²) in [7, 11) is 0. The minimum absolute atomic E-state index is 0.0639. The first-order valence-electron chi connectivity index (χ1n) is 8.72. The highest BCUT2D eigenvalue weighted by molar-refractivity contribution is 5.94. The number of para-hydroxylation sites is 2. The van der Waals surface area contributed by atoms with Gasteiger partial charge < -0.3 is 10.0 Å². The summed E-state index contributed by atoms with van der Waals surface area (Å²) in [4.78, 5) is 19.0. The van der Waals surface area contributed by atoms with Gasteiger partial charge in [-0.2, -0.15) is 0 Å². The molecule has 24 heavy (non-hydrogen) atoms. The molecule has 1 aliphatic rings. The number of aromatic nitrogens is 1. The lowest BCUT2D eigenvalue weighted by molar-refractivity contribution is -0.119. The molecule has 1 heterocycles. The maximum atomic E-state index is 13.0. The number of carbonyl (C=O) groups is 1. The molecule has 1 N–H and O–H groups in total. The molecule has 3 rings (SSSR count). The van der Waals surface area contributed by atoms with E-state index in [1.54, 1.807) is 29.3 Å². The molecule has 1 aromatic carbocycles. The van der Waals surface area contributed by atoms with E-state index in [-0.39, 0.29) is 11.7 Å². The minimum Gasteiger partial charge on any atom is -0.506 e. The van der Waals surface area contributed by atoms with E-state index in [0.717, 1.165) is 18.5 Å². The molecule has 0 saturated heterocycles. The number of hydrogen-bond donors (Lipinski definition) is 1. The van der Waals surface area contributed by atoms with Gasteiger partial charge in [-0.05, 0) is 43.0 Å². The monoisotopic (exact) mass is 324 g/mol. The lowest BCUT2D eigenvalue weighted by Gasteiger charge is -2.27. The Morgan fingerprint density at radius 3 is 2.54 bits per heavy atom. The van der Waals surface area contributed by atoms with Crippen molar-refractivity contribution in [3.05, 3.63) is 54.4 Å². The van der Waals surface area contributed by atoms with Crippen LogP contribution in [-0.2, 0) is 11.3 Å². The Kier molecular flexibility index (Phi) is 5.47. The van der Waals surface area contributed by atoms with Crippen LogP contribution in [0.2, 0.25) is 0 Å². The third kappa shape index (κ3) is 4.13. The fraction of sp³-hybridized carbons (Fsp3) is 0.400. The first-order chi connectivity index (χ1) is 11.7. The number of pyridine rings is 1. The Balaban J connectivity index is 1.81. The normalized spacial score (nSPS) is 15.2. The second-order valence-corrected chi connectivity index (χ2v) is 6.50. The maximum Gasteiger partial charge on any atom is 0.227 e. The van der Waals surface area contributed by atoms with Crippen molar-refractivity contribution < 1.29 is 9.90 Å². The van der Waals surface area contributed by atoms with Gasteiger partial charge in [0.2, 0.25) is 5.91 Å². The number of phenolic OH excluding ortho intramolecular Hbond substituents is 1. The van der Waals surface area contributed by atoms with Gasteiger partial charge in [0.1, 0.15) is 5.75 Å². The van der Waals surface area contributed by atoms with Crippen molar-refractivity contribution in [3.8, 4) is 5.75 Å². The molecule has 0 spiro atoms. The van der Waals surface area contributed by atoms with Crippen molar-refractivity contribution in [1.82, 2.24) is 4.98 Å². The average Bonchev–Trinajstić information content (AvgIpc) is 2.62. The highest BCUT2D eigenvalue weighted by atomic mass is 16.3. The SMILES string of the molecule is O=C(CC1CCCCC1)N(Cc1ccccn1)c1ccccc1O. The summed E-state index contributed by atoms with van der Waals surface area (Å²) >= 11 is 0. The van der Waals surface area contributed by atoms with Gasteiger partial charge in [0.15, 0.2) is 0 Å². The number of anilines is 1. The molecule has 126 valence electrons. The molecule has 1 amide bonds. The van der Waals surface area contributed by atoms with Crippen molar-refractivity contribution in [2.24, 2.45) is 5.92 Å². The molecular formula is C20H24N2O2. The second kappa shape index (κ2) is 7.95. The summed E-state index contributed by atoms with van der Waals surface area (Å²) in [6.45, 7) is 0.379. The molecule has 4 heteroatoms. The van der Waals surface area contributed by atoms with Crippen molar-refractivity contribution in [2.75, 3.05) is 4.90 Å². The highest BCUT2D eigenvalue weighted by Gasteiger charge is 2.24. The van der Waals surface area contributed by atoms with Gasteiger partial charge in [0.25, 0.3) is 0 Å². The van der Waals surface area contributed by atoms with E-state index in [1.165, 1.54) is 19.3 Å². The number of aromatic hydroxyl groups is 1. The second-order valence-electron chi connectivity index (χ2n) is 6.50. The maximum absolute atomic E-state index is 13.0. The van der Waals surface area contributed by atoms with Gasteiger partial charge in [-0.3, -0.25) is 9.78 Å². The van der Waals surface area contributed by atoms with Crippen LogP contribution < -0.4 is 4.90 Å². The van der Waals surface area contributed by atoms with Crippen LogP contribution in [0.1, 0.15) is 44.2 Å².